The summed E-state index contributed by atoms with van der Waals surface area (Å²) in [6.07, 6.45) is 2.92. The van der Waals surface area contributed by atoms with Crippen LogP contribution in [0.15, 0.2) is 66.7 Å². The lowest BCUT2D eigenvalue weighted by Crippen LogP contribution is -2.13. The minimum absolute atomic E-state index is 0.217. The summed E-state index contributed by atoms with van der Waals surface area (Å²) in [5.74, 6) is -0.781. The number of esters is 1. The van der Waals surface area contributed by atoms with Gasteiger partial charge in [-0.05, 0) is 49.2 Å². The van der Waals surface area contributed by atoms with E-state index >= 15 is 0 Å². The number of aromatic nitrogens is 1. The van der Waals surface area contributed by atoms with Crippen molar-refractivity contribution in [3.05, 3.63) is 99.8 Å². The zero-order valence-electron chi connectivity index (χ0n) is 16.4. The van der Waals surface area contributed by atoms with Crippen molar-refractivity contribution in [1.29, 1.82) is 0 Å². The van der Waals surface area contributed by atoms with E-state index in [1.54, 1.807) is 30.3 Å². The Kier molecular flexibility index (Phi) is 6.68. The zero-order valence-corrected chi connectivity index (χ0v) is 17.1. The number of carbonyl (C=O) groups excluding carboxylic acids is 2. The van der Waals surface area contributed by atoms with Crippen LogP contribution in [0.25, 0.3) is 6.08 Å². The summed E-state index contributed by atoms with van der Waals surface area (Å²) in [4.78, 5) is 24.5. The van der Waals surface area contributed by atoms with Gasteiger partial charge in [0, 0.05) is 34.6 Å². The van der Waals surface area contributed by atoms with Gasteiger partial charge in [0.15, 0.2) is 6.61 Å². The molecular formula is C24H22ClNO3. The maximum absolute atomic E-state index is 12.6. The molecule has 3 aromatic rings. The van der Waals surface area contributed by atoms with Crippen LogP contribution in [-0.4, -0.2) is 22.9 Å². The van der Waals surface area contributed by atoms with E-state index in [0.717, 1.165) is 22.5 Å². The number of ether oxygens (including phenoxy) is 1. The van der Waals surface area contributed by atoms with Crippen molar-refractivity contribution in [2.45, 2.75) is 20.4 Å². The lowest BCUT2D eigenvalue weighted by molar-refractivity contribution is -0.136. The van der Waals surface area contributed by atoms with Gasteiger partial charge in [0.25, 0.3) is 0 Å². The van der Waals surface area contributed by atoms with Crippen LogP contribution >= 0.6 is 11.6 Å². The van der Waals surface area contributed by atoms with Crippen LogP contribution in [0.1, 0.15) is 32.9 Å². The second-order valence-electron chi connectivity index (χ2n) is 6.77. The van der Waals surface area contributed by atoms with Crippen LogP contribution in [0.2, 0.25) is 5.02 Å². The zero-order chi connectivity index (χ0) is 20.8. The normalized spacial score (nSPS) is 11.0. The lowest BCUT2D eigenvalue weighted by atomic mass is 10.1. The van der Waals surface area contributed by atoms with Gasteiger partial charge in [-0.2, -0.15) is 0 Å². The molecule has 0 saturated carbocycles. The van der Waals surface area contributed by atoms with Gasteiger partial charge in [0.05, 0.1) is 0 Å². The summed E-state index contributed by atoms with van der Waals surface area (Å²) < 4.78 is 7.20. The molecule has 0 saturated heterocycles. The summed E-state index contributed by atoms with van der Waals surface area (Å²) in [7, 11) is 0. The Morgan fingerprint density at radius 3 is 2.41 bits per heavy atom. The third-order valence-electron chi connectivity index (χ3n) is 4.68. The molecule has 29 heavy (non-hydrogen) atoms. The molecule has 0 atom stereocenters. The molecule has 0 radical (unpaired) electrons. The van der Waals surface area contributed by atoms with E-state index in [-0.39, 0.29) is 12.4 Å². The molecule has 0 N–H and O–H groups in total. The first kappa shape index (κ1) is 20.6. The summed E-state index contributed by atoms with van der Waals surface area (Å²) in [5, 5.41) is 0.625. The first-order valence-corrected chi connectivity index (χ1v) is 9.66. The van der Waals surface area contributed by atoms with Crippen molar-refractivity contribution in [2.75, 3.05) is 6.61 Å². The Balaban J connectivity index is 1.61. The SMILES string of the molecule is Cc1cc(C(=O)COC(=O)/C=C/c2ccc(Cl)cc2)c(C)n1Cc1ccccc1. The fourth-order valence-corrected chi connectivity index (χ4v) is 3.22. The van der Waals surface area contributed by atoms with E-state index in [0.29, 0.717) is 17.1 Å². The number of hydrogen-bond donors (Lipinski definition) is 0. The number of rotatable bonds is 7. The molecule has 0 fully saturated rings. The number of carbonyl (C=O) groups is 2. The molecule has 0 bridgehead atoms. The van der Waals surface area contributed by atoms with Crippen LogP contribution in [0.5, 0.6) is 0 Å². The highest BCUT2D eigenvalue weighted by Crippen LogP contribution is 2.18. The van der Waals surface area contributed by atoms with Gasteiger partial charge in [-0.25, -0.2) is 4.79 Å². The first-order valence-electron chi connectivity index (χ1n) is 9.28. The van der Waals surface area contributed by atoms with Crippen molar-refractivity contribution >= 4 is 29.4 Å². The highest BCUT2D eigenvalue weighted by molar-refractivity contribution is 6.30. The predicted molar refractivity (Wildman–Crippen MR) is 115 cm³/mol. The molecule has 0 unspecified atom stereocenters. The number of nitrogens with zero attached hydrogens (tertiary/aromatic N) is 1. The largest absolute Gasteiger partial charge is 0.454 e. The van der Waals surface area contributed by atoms with Gasteiger partial charge in [-0.1, -0.05) is 54.1 Å². The Labute approximate surface area is 175 Å². The lowest BCUT2D eigenvalue weighted by Gasteiger charge is -2.10. The Hall–Kier alpha value is -3.11. The number of hydrogen-bond acceptors (Lipinski definition) is 3. The molecule has 5 heteroatoms. The topological polar surface area (TPSA) is 48.3 Å². The Morgan fingerprint density at radius 2 is 1.72 bits per heavy atom. The molecule has 0 spiro atoms. The molecule has 148 valence electrons. The summed E-state index contributed by atoms with van der Waals surface area (Å²) in [5.41, 5.74) is 4.41. The minimum atomic E-state index is -0.564. The van der Waals surface area contributed by atoms with Crippen molar-refractivity contribution in [3.8, 4) is 0 Å². The van der Waals surface area contributed by atoms with E-state index in [1.165, 1.54) is 6.08 Å². The van der Waals surface area contributed by atoms with E-state index < -0.39 is 5.97 Å². The summed E-state index contributed by atoms with van der Waals surface area (Å²) in [6.45, 7) is 4.27. The average Bonchev–Trinajstić information content (AvgIpc) is 3.00. The van der Waals surface area contributed by atoms with E-state index in [4.69, 9.17) is 16.3 Å². The Bertz CT molecular complexity index is 1030. The predicted octanol–water partition coefficient (Wildman–Crippen LogP) is 5.25. The molecule has 3 rings (SSSR count). The maximum atomic E-state index is 12.6. The fourth-order valence-electron chi connectivity index (χ4n) is 3.09. The van der Waals surface area contributed by atoms with Crippen molar-refractivity contribution in [2.24, 2.45) is 0 Å². The second kappa shape index (κ2) is 9.39. The molecule has 4 nitrogen and oxygen atoms in total. The van der Waals surface area contributed by atoms with E-state index in [9.17, 15) is 9.59 Å². The molecule has 0 aliphatic carbocycles. The standard InChI is InChI=1S/C24H22ClNO3/c1-17-14-22(18(2)26(17)15-20-6-4-3-5-7-20)23(27)16-29-24(28)13-10-19-8-11-21(25)12-9-19/h3-14H,15-16H2,1-2H3/b13-10+. The van der Waals surface area contributed by atoms with Gasteiger partial charge in [-0.3, -0.25) is 4.79 Å². The third kappa shape index (κ3) is 5.46. The van der Waals surface area contributed by atoms with Gasteiger partial charge >= 0.3 is 5.97 Å². The number of halogens is 1. The summed E-state index contributed by atoms with van der Waals surface area (Å²) in [6, 6.07) is 19.0. The van der Waals surface area contributed by atoms with Gasteiger partial charge in [0.1, 0.15) is 0 Å². The molecular weight excluding hydrogens is 386 g/mol. The Morgan fingerprint density at radius 1 is 1.03 bits per heavy atom. The fraction of sp³-hybridized carbons (Fsp3) is 0.167. The van der Waals surface area contributed by atoms with Gasteiger partial charge < -0.3 is 9.30 Å². The van der Waals surface area contributed by atoms with Crippen molar-refractivity contribution in [3.63, 3.8) is 0 Å². The second-order valence-corrected chi connectivity index (χ2v) is 7.21. The van der Waals surface area contributed by atoms with Crippen molar-refractivity contribution in [1.82, 2.24) is 4.57 Å². The monoisotopic (exact) mass is 407 g/mol. The maximum Gasteiger partial charge on any atom is 0.331 e. The average molecular weight is 408 g/mol. The molecule has 1 aromatic heterocycles. The molecule has 1 heterocycles. The number of aryl methyl sites for hydroxylation is 1. The smallest absolute Gasteiger partial charge is 0.331 e. The van der Waals surface area contributed by atoms with Crippen LogP contribution in [-0.2, 0) is 16.1 Å². The molecule has 0 aliphatic heterocycles. The van der Waals surface area contributed by atoms with Crippen LogP contribution in [0.3, 0.4) is 0 Å². The van der Waals surface area contributed by atoms with E-state index in [1.807, 2.05) is 38.1 Å². The molecule has 2 aromatic carbocycles. The van der Waals surface area contributed by atoms with Crippen LogP contribution in [0, 0.1) is 13.8 Å². The highest BCUT2D eigenvalue weighted by atomic mass is 35.5. The number of Topliss-reactive ketones (excluding diaryl/α,β-unsaturated/α-hetero) is 1. The van der Waals surface area contributed by atoms with Gasteiger partial charge in [-0.15, -0.1) is 0 Å². The van der Waals surface area contributed by atoms with Gasteiger partial charge in [0.2, 0.25) is 5.78 Å². The number of ketones is 1. The van der Waals surface area contributed by atoms with Crippen LogP contribution in [0.4, 0.5) is 0 Å². The first-order chi connectivity index (χ1) is 13.9. The summed E-state index contributed by atoms with van der Waals surface area (Å²) >= 11 is 5.83. The third-order valence-corrected chi connectivity index (χ3v) is 4.94. The van der Waals surface area contributed by atoms with E-state index in [2.05, 4.69) is 16.7 Å². The quantitative estimate of drug-likeness (QED) is 0.305. The highest BCUT2D eigenvalue weighted by Gasteiger charge is 2.17. The molecule has 0 amide bonds. The number of benzene rings is 2. The van der Waals surface area contributed by atoms with Crippen molar-refractivity contribution < 1.29 is 14.3 Å². The van der Waals surface area contributed by atoms with Crippen LogP contribution < -0.4 is 0 Å². The molecule has 0 aliphatic rings. The minimum Gasteiger partial charge on any atom is -0.454 e.